The van der Waals surface area contributed by atoms with E-state index in [0.29, 0.717) is 11.4 Å². The Bertz CT molecular complexity index is 685. The zero-order valence-corrected chi connectivity index (χ0v) is 11.2. The normalized spacial score (nSPS) is 10.0. The number of hydrazine groups is 1. The number of rotatable bonds is 4. The number of nitrogens with zero attached hydrogens (tertiary/aromatic N) is 2. The van der Waals surface area contributed by atoms with Gasteiger partial charge in [-0.15, -0.1) is 0 Å². The fourth-order valence-electron chi connectivity index (χ4n) is 1.73. The van der Waals surface area contributed by atoms with Crippen LogP contribution < -0.4 is 16.6 Å². The molecule has 0 unspecified atom stereocenters. The number of hydrogen-bond acceptors (Lipinski definition) is 6. The summed E-state index contributed by atoms with van der Waals surface area (Å²) in [5.74, 6) is 4.96. The molecule has 0 atom stereocenters. The summed E-state index contributed by atoms with van der Waals surface area (Å²) in [6, 6.07) is 7.17. The molecule has 2 aromatic rings. The van der Waals surface area contributed by atoms with Crippen LogP contribution in [0, 0.1) is 17.0 Å². The molecular formula is C13H13N5O3. The topological polar surface area (TPSA) is 123 Å². The van der Waals surface area contributed by atoms with Crippen LogP contribution in [0.3, 0.4) is 0 Å². The summed E-state index contributed by atoms with van der Waals surface area (Å²) in [6.45, 7) is 1.78. The highest BCUT2D eigenvalue weighted by molar-refractivity contribution is 6.07. The number of carbonyl (C=O) groups is 1. The largest absolute Gasteiger partial charge is 0.323 e. The molecule has 0 aliphatic rings. The number of nitrogen functional groups attached to an aromatic ring is 1. The van der Waals surface area contributed by atoms with Gasteiger partial charge in [0.1, 0.15) is 0 Å². The summed E-state index contributed by atoms with van der Waals surface area (Å²) in [5, 5.41) is 13.2. The molecule has 0 saturated heterocycles. The maximum absolute atomic E-state index is 12.1. The number of carbonyl (C=O) groups excluding carboxylic acids is 1. The molecule has 0 aliphatic heterocycles. The van der Waals surface area contributed by atoms with Crippen molar-refractivity contribution in [1.82, 2.24) is 4.98 Å². The van der Waals surface area contributed by atoms with E-state index in [4.69, 9.17) is 5.84 Å². The molecule has 8 nitrogen and oxygen atoms in total. The molecule has 0 spiro atoms. The number of aromatic nitrogens is 1. The van der Waals surface area contributed by atoms with Crippen LogP contribution in [0.1, 0.15) is 16.1 Å². The van der Waals surface area contributed by atoms with Crippen molar-refractivity contribution in [1.29, 1.82) is 0 Å². The Kier molecular flexibility index (Phi) is 4.10. The van der Waals surface area contributed by atoms with E-state index in [2.05, 4.69) is 15.7 Å². The lowest BCUT2D eigenvalue weighted by Crippen LogP contribution is -2.18. The highest BCUT2D eigenvalue weighted by atomic mass is 16.6. The molecule has 0 radical (unpaired) electrons. The number of benzene rings is 1. The molecule has 108 valence electrons. The van der Waals surface area contributed by atoms with E-state index in [1.54, 1.807) is 13.0 Å². The van der Waals surface area contributed by atoms with Crippen molar-refractivity contribution in [3.63, 3.8) is 0 Å². The van der Waals surface area contributed by atoms with Gasteiger partial charge in [-0.2, -0.15) is 0 Å². The van der Waals surface area contributed by atoms with Gasteiger partial charge in [0.2, 0.25) is 0 Å². The van der Waals surface area contributed by atoms with Crippen molar-refractivity contribution in [2.75, 3.05) is 10.7 Å². The third-order valence-corrected chi connectivity index (χ3v) is 2.78. The number of amides is 1. The highest BCUT2D eigenvalue weighted by Gasteiger charge is 2.13. The zero-order chi connectivity index (χ0) is 15.4. The minimum absolute atomic E-state index is 0.0469. The average Bonchev–Trinajstić information content (AvgIpc) is 2.47. The summed E-state index contributed by atoms with van der Waals surface area (Å²) in [6.07, 6.45) is 1.41. The molecule has 0 fully saturated rings. The number of aryl methyl sites for hydroxylation is 1. The lowest BCUT2D eigenvalue weighted by molar-refractivity contribution is -0.384. The summed E-state index contributed by atoms with van der Waals surface area (Å²) >= 11 is 0. The molecule has 1 aromatic heterocycles. The summed E-state index contributed by atoms with van der Waals surface area (Å²) in [7, 11) is 0. The standard InChI is InChI=1S/C13H13N5O3/c1-8-6-12(17-14)11(7-15-8)13(19)16-9-2-4-10(5-3-9)18(20)21/h2-7H,14H2,1H3,(H,15,17)(H,16,19). The van der Waals surface area contributed by atoms with Gasteiger partial charge in [0.25, 0.3) is 11.6 Å². The minimum atomic E-state index is -0.508. The van der Waals surface area contributed by atoms with Gasteiger partial charge in [-0.05, 0) is 25.1 Å². The average molecular weight is 287 g/mol. The fourth-order valence-corrected chi connectivity index (χ4v) is 1.73. The molecule has 0 aliphatic carbocycles. The lowest BCUT2D eigenvalue weighted by atomic mass is 10.2. The Labute approximate surface area is 120 Å². The Balaban J connectivity index is 2.19. The first-order valence-corrected chi connectivity index (χ1v) is 6.00. The second-order valence-electron chi connectivity index (χ2n) is 4.27. The van der Waals surface area contributed by atoms with Crippen LogP contribution in [-0.4, -0.2) is 15.8 Å². The van der Waals surface area contributed by atoms with Crippen molar-refractivity contribution < 1.29 is 9.72 Å². The van der Waals surface area contributed by atoms with E-state index in [9.17, 15) is 14.9 Å². The van der Waals surface area contributed by atoms with Crippen LogP contribution in [0.2, 0.25) is 0 Å². The Hall–Kier alpha value is -3.00. The van der Waals surface area contributed by atoms with Gasteiger partial charge in [0, 0.05) is 29.7 Å². The van der Waals surface area contributed by atoms with Crippen molar-refractivity contribution in [3.05, 3.63) is 57.9 Å². The highest BCUT2D eigenvalue weighted by Crippen LogP contribution is 2.19. The number of nitro groups is 1. The van der Waals surface area contributed by atoms with Crippen LogP contribution >= 0.6 is 0 Å². The van der Waals surface area contributed by atoms with Gasteiger partial charge in [0.05, 0.1) is 16.2 Å². The number of nitrogens with two attached hydrogens (primary N) is 1. The third kappa shape index (κ3) is 3.31. The summed E-state index contributed by atoms with van der Waals surface area (Å²) in [4.78, 5) is 26.2. The van der Waals surface area contributed by atoms with Crippen LogP contribution in [0.4, 0.5) is 17.1 Å². The molecule has 8 heteroatoms. The molecule has 2 rings (SSSR count). The summed E-state index contributed by atoms with van der Waals surface area (Å²) in [5.41, 5.74) is 4.27. The van der Waals surface area contributed by atoms with Gasteiger partial charge < -0.3 is 10.7 Å². The molecule has 1 aromatic carbocycles. The molecule has 0 bridgehead atoms. The first-order chi connectivity index (χ1) is 10.0. The van der Waals surface area contributed by atoms with Crippen LogP contribution in [0.5, 0.6) is 0 Å². The summed E-state index contributed by atoms with van der Waals surface area (Å²) < 4.78 is 0. The molecule has 1 heterocycles. The quantitative estimate of drug-likeness (QED) is 0.448. The van der Waals surface area contributed by atoms with E-state index in [1.165, 1.54) is 30.5 Å². The van der Waals surface area contributed by atoms with Crippen LogP contribution in [-0.2, 0) is 0 Å². The molecule has 1 amide bonds. The molecule has 4 N–H and O–H groups in total. The lowest BCUT2D eigenvalue weighted by Gasteiger charge is -2.09. The number of anilines is 2. The third-order valence-electron chi connectivity index (χ3n) is 2.78. The number of pyridine rings is 1. The van der Waals surface area contributed by atoms with Crippen LogP contribution in [0.15, 0.2) is 36.5 Å². The second-order valence-corrected chi connectivity index (χ2v) is 4.27. The van der Waals surface area contributed by atoms with Gasteiger partial charge in [0.15, 0.2) is 0 Å². The maximum atomic E-state index is 12.1. The van der Waals surface area contributed by atoms with E-state index in [0.717, 1.165) is 5.69 Å². The molecular weight excluding hydrogens is 274 g/mol. The smallest absolute Gasteiger partial charge is 0.269 e. The monoisotopic (exact) mass is 287 g/mol. The number of nitro benzene ring substituents is 1. The van der Waals surface area contributed by atoms with E-state index >= 15 is 0 Å². The van der Waals surface area contributed by atoms with Gasteiger partial charge in [-0.3, -0.25) is 25.7 Å². The number of nitrogens with one attached hydrogen (secondary N) is 2. The predicted octanol–water partition coefficient (Wildman–Crippen LogP) is 1.84. The first kappa shape index (κ1) is 14.4. The van der Waals surface area contributed by atoms with Gasteiger partial charge >= 0.3 is 0 Å². The maximum Gasteiger partial charge on any atom is 0.269 e. The Morgan fingerprint density at radius 2 is 2.00 bits per heavy atom. The SMILES string of the molecule is Cc1cc(NN)c(C(=O)Nc2ccc([N+](=O)[O-])cc2)cn1. The van der Waals surface area contributed by atoms with E-state index < -0.39 is 10.8 Å². The minimum Gasteiger partial charge on any atom is -0.323 e. The van der Waals surface area contributed by atoms with Gasteiger partial charge in [-0.1, -0.05) is 0 Å². The predicted molar refractivity (Wildman–Crippen MR) is 77.8 cm³/mol. The number of hydrogen-bond donors (Lipinski definition) is 3. The number of non-ortho nitro benzene ring substituents is 1. The van der Waals surface area contributed by atoms with Crippen molar-refractivity contribution in [2.45, 2.75) is 6.92 Å². The van der Waals surface area contributed by atoms with Crippen molar-refractivity contribution in [3.8, 4) is 0 Å². The zero-order valence-electron chi connectivity index (χ0n) is 11.2. The van der Waals surface area contributed by atoms with Crippen molar-refractivity contribution in [2.24, 2.45) is 5.84 Å². The van der Waals surface area contributed by atoms with E-state index in [-0.39, 0.29) is 11.3 Å². The molecule has 21 heavy (non-hydrogen) atoms. The van der Waals surface area contributed by atoms with Crippen molar-refractivity contribution >= 4 is 23.0 Å². The Morgan fingerprint density at radius 1 is 1.33 bits per heavy atom. The van der Waals surface area contributed by atoms with Crippen LogP contribution in [0.25, 0.3) is 0 Å². The molecule has 0 saturated carbocycles. The first-order valence-electron chi connectivity index (χ1n) is 6.00. The van der Waals surface area contributed by atoms with Gasteiger partial charge in [-0.25, -0.2) is 0 Å². The van der Waals surface area contributed by atoms with E-state index in [1.807, 2.05) is 0 Å². The Morgan fingerprint density at radius 3 is 2.57 bits per heavy atom. The second kappa shape index (κ2) is 5.97. The fraction of sp³-hybridized carbons (Fsp3) is 0.0769.